The molecular formula is C20H20Cl2N2OS. The van der Waals surface area contributed by atoms with Crippen LogP contribution >= 0.6 is 34.5 Å². The minimum atomic E-state index is -0.119. The molecule has 0 spiro atoms. The fourth-order valence-corrected chi connectivity index (χ4v) is 4.26. The fraction of sp³-hybridized carbons (Fsp3) is 0.250. The Morgan fingerprint density at radius 2 is 2.04 bits per heavy atom. The molecule has 0 fully saturated rings. The smallest absolute Gasteiger partial charge is 0.0919 e. The van der Waals surface area contributed by atoms with Gasteiger partial charge >= 0.3 is 0 Å². The molecule has 0 saturated heterocycles. The summed E-state index contributed by atoms with van der Waals surface area (Å²) in [6.07, 6.45) is 6.54. The molecule has 0 unspecified atom stereocenters. The Bertz CT molecular complexity index is 943. The van der Waals surface area contributed by atoms with Gasteiger partial charge in [0.05, 0.1) is 33.6 Å². The Kier molecular flexibility index (Phi) is 6.20. The Balaban J connectivity index is 2.11. The summed E-state index contributed by atoms with van der Waals surface area (Å²) >= 11 is 14.1. The first-order chi connectivity index (χ1) is 12.5. The van der Waals surface area contributed by atoms with Gasteiger partial charge in [0, 0.05) is 15.5 Å². The molecule has 3 rings (SSSR count). The van der Waals surface area contributed by atoms with E-state index in [9.17, 15) is 5.11 Å². The highest BCUT2D eigenvalue weighted by Gasteiger charge is 2.19. The summed E-state index contributed by atoms with van der Waals surface area (Å²) in [4.78, 5) is 2.27. The maximum Gasteiger partial charge on any atom is 0.0919 e. The topological polar surface area (TPSA) is 38.1 Å². The van der Waals surface area contributed by atoms with Gasteiger partial charge in [0.15, 0.2) is 0 Å². The van der Waals surface area contributed by atoms with Crippen LogP contribution in [0, 0.1) is 6.92 Å². The van der Waals surface area contributed by atoms with E-state index < -0.39 is 0 Å². The van der Waals surface area contributed by atoms with Crippen molar-refractivity contribution in [1.82, 2.24) is 9.78 Å². The number of aliphatic hydroxyl groups is 1. The first-order valence-electron chi connectivity index (χ1n) is 8.46. The second-order valence-corrected chi connectivity index (χ2v) is 7.94. The van der Waals surface area contributed by atoms with Crippen LogP contribution in [0.4, 0.5) is 0 Å². The van der Waals surface area contributed by atoms with Crippen LogP contribution in [-0.2, 0) is 6.61 Å². The Hall–Kier alpha value is -1.59. The van der Waals surface area contributed by atoms with Crippen molar-refractivity contribution in [2.45, 2.75) is 33.3 Å². The van der Waals surface area contributed by atoms with Gasteiger partial charge in [-0.3, -0.25) is 0 Å². The van der Waals surface area contributed by atoms with E-state index in [0.29, 0.717) is 15.7 Å². The number of aliphatic hydroxyl groups excluding tert-OH is 1. The molecule has 0 aliphatic heterocycles. The molecule has 1 aromatic carbocycles. The number of unbranched alkanes of at least 4 members (excludes halogenated alkanes) is 1. The molecule has 0 atom stereocenters. The lowest BCUT2D eigenvalue weighted by Gasteiger charge is -2.09. The fourth-order valence-electron chi connectivity index (χ4n) is 2.74. The van der Waals surface area contributed by atoms with E-state index in [4.69, 9.17) is 23.2 Å². The van der Waals surface area contributed by atoms with Gasteiger partial charge in [-0.25, -0.2) is 4.68 Å². The third-order valence-corrected chi connectivity index (χ3v) is 5.70. The number of thiophene rings is 1. The molecule has 2 aromatic heterocycles. The third-order valence-electron chi connectivity index (χ3n) is 4.11. The molecule has 136 valence electrons. The van der Waals surface area contributed by atoms with Gasteiger partial charge in [0.1, 0.15) is 0 Å². The lowest BCUT2D eigenvalue weighted by molar-refractivity contribution is 0.275. The lowest BCUT2D eigenvalue weighted by atomic mass is 10.2. The molecule has 0 aliphatic carbocycles. The van der Waals surface area contributed by atoms with Crippen LogP contribution in [0.3, 0.4) is 0 Å². The van der Waals surface area contributed by atoms with Crippen molar-refractivity contribution >= 4 is 40.6 Å². The summed E-state index contributed by atoms with van der Waals surface area (Å²) in [7, 11) is 0. The standard InChI is InChI=1S/C20H20Cl2N2OS/c1-3-4-5-6-15-8-10-19(26-15)20-13(2)17(12-25)23-24(20)18-9-7-14(21)11-16(18)22/h5-11,25H,3-4,12H2,1-2H3/b6-5+. The predicted molar refractivity (Wildman–Crippen MR) is 111 cm³/mol. The second-order valence-electron chi connectivity index (χ2n) is 5.98. The van der Waals surface area contributed by atoms with Crippen LogP contribution in [0.1, 0.15) is 35.9 Å². The van der Waals surface area contributed by atoms with Crippen LogP contribution in [0.2, 0.25) is 10.0 Å². The molecule has 0 aliphatic rings. The van der Waals surface area contributed by atoms with Crippen molar-refractivity contribution < 1.29 is 5.11 Å². The molecule has 0 amide bonds. The van der Waals surface area contributed by atoms with E-state index in [2.05, 4.69) is 36.3 Å². The van der Waals surface area contributed by atoms with Gasteiger partial charge in [0.25, 0.3) is 0 Å². The molecule has 1 N–H and O–H groups in total. The summed E-state index contributed by atoms with van der Waals surface area (Å²) < 4.78 is 1.80. The Labute approximate surface area is 167 Å². The number of aromatic nitrogens is 2. The summed E-state index contributed by atoms with van der Waals surface area (Å²) in [5.74, 6) is 0. The monoisotopic (exact) mass is 406 g/mol. The van der Waals surface area contributed by atoms with Crippen LogP contribution in [-0.4, -0.2) is 14.9 Å². The lowest BCUT2D eigenvalue weighted by Crippen LogP contribution is -2.00. The van der Waals surface area contributed by atoms with Gasteiger partial charge in [-0.15, -0.1) is 11.3 Å². The number of allylic oxidation sites excluding steroid dienone is 1. The predicted octanol–water partition coefficient (Wildman–Crippen LogP) is 6.52. The average Bonchev–Trinajstić information content (AvgIpc) is 3.19. The van der Waals surface area contributed by atoms with Gasteiger partial charge in [0.2, 0.25) is 0 Å². The van der Waals surface area contributed by atoms with E-state index in [1.54, 1.807) is 28.2 Å². The maximum atomic E-state index is 9.67. The quantitative estimate of drug-likeness (QED) is 0.505. The highest BCUT2D eigenvalue weighted by atomic mass is 35.5. The first kappa shape index (κ1) is 19.2. The van der Waals surface area contributed by atoms with Gasteiger partial charge < -0.3 is 5.11 Å². The number of rotatable bonds is 6. The number of hydrogen-bond donors (Lipinski definition) is 1. The van der Waals surface area contributed by atoms with Gasteiger partial charge in [-0.2, -0.15) is 5.10 Å². The van der Waals surface area contributed by atoms with Crippen molar-refractivity contribution in [2.24, 2.45) is 0 Å². The summed E-state index contributed by atoms with van der Waals surface area (Å²) in [6, 6.07) is 9.52. The highest BCUT2D eigenvalue weighted by molar-refractivity contribution is 7.16. The number of nitrogens with zero attached hydrogens (tertiary/aromatic N) is 2. The number of hydrogen-bond acceptors (Lipinski definition) is 3. The molecular weight excluding hydrogens is 387 g/mol. The van der Waals surface area contributed by atoms with E-state index in [0.717, 1.165) is 34.7 Å². The largest absolute Gasteiger partial charge is 0.390 e. The molecule has 0 bridgehead atoms. The minimum absolute atomic E-state index is 0.119. The zero-order chi connectivity index (χ0) is 18.7. The van der Waals surface area contributed by atoms with Crippen LogP contribution < -0.4 is 0 Å². The zero-order valence-corrected chi connectivity index (χ0v) is 17.0. The van der Waals surface area contributed by atoms with Crippen LogP contribution in [0.15, 0.2) is 36.4 Å². The highest BCUT2D eigenvalue weighted by Crippen LogP contribution is 2.36. The molecule has 2 heterocycles. The van der Waals surface area contributed by atoms with Crippen molar-refractivity contribution in [3.05, 3.63) is 62.6 Å². The summed E-state index contributed by atoms with van der Waals surface area (Å²) in [6.45, 7) is 4.02. The van der Waals surface area contributed by atoms with Crippen molar-refractivity contribution in [1.29, 1.82) is 0 Å². The van der Waals surface area contributed by atoms with Crippen molar-refractivity contribution in [3.63, 3.8) is 0 Å². The van der Waals surface area contributed by atoms with Crippen molar-refractivity contribution in [2.75, 3.05) is 0 Å². The Morgan fingerprint density at radius 1 is 1.23 bits per heavy atom. The molecule has 0 radical (unpaired) electrons. The number of halogens is 2. The molecule has 0 saturated carbocycles. The maximum absolute atomic E-state index is 9.67. The molecule has 6 heteroatoms. The molecule has 3 nitrogen and oxygen atoms in total. The summed E-state index contributed by atoms with van der Waals surface area (Å²) in [5.41, 5.74) is 3.27. The Morgan fingerprint density at radius 3 is 2.73 bits per heavy atom. The van der Waals surface area contributed by atoms with E-state index >= 15 is 0 Å². The van der Waals surface area contributed by atoms with E-state index in [-0.39, 0.29) is 6.61 Å². The second kappa shape index (κ2) is 8.40. The SMILES string of the molecule is CCC/C=C/c1ccc(-c2c(C)c(CO)nn2-c2ccc(Cl)cc2Cl)s1. The molecule has 26 heavy (non-hydrogen) atoms. The van der Waals surface area contributed by atoms with E-state index in [1.807, 2.05) is 13.0 Å². The first-order valence-corrected chi connectivity index (χ1v) is 10.0. The summed E-state index contributed by atoms with van der Waals surface area (Å²) in [5, 5.41) is 15.3. The van der Waals surface area contributed by atoms with Gasteiger partial charge in [-0.1, -0.05) is 42.6 Å². The van der Waals surface area contributed by atoms with Gasteiger partial charge in [-0.05, 0) is 49.8 Å². The van der Waals surface area contributed by atoms with Crippen LogP contribution in [0.5, 0.6) is 0 Å². The normalized spacial score (nSPS) is 11.6. The molecule has 3 aromatic rings. The third kappa shape index (κ3) is 3.89. The van der Waals surface area contributed by atoms with Crippen molar-refractivity contribution in [3.8, 4) is 16.3 Å². The minimum Gasteiger partial charge on any atom is -0.390 e. The van der Waals surface area contributed by atoms with Crippen LogP contribution in [0.25, 0.3) is 22.3 Å². The number of benzene rings is 1. The van der Waals surface area contributed by atoms with E-state index in [1.165, 1.54) is 4.88 Å². The zero-order valence-electron chi connectivity index (χ0n) is 14.7. The average molecular weight is 407 g/mol.